The zero-order chi connectivity index (χ0) is 34.6. The smallest absolute Gasteiger partial charge is 0.166 e. The van der Waals surface area contributed by atoms with Crippen molar-refractivity contribution in [3.8, 4) is 57.0 Å². The minimum atomic E-state index is 0.550. The van der Waals surface area contributed by atoms with E-state index in [1.54, 1.807) is 0 Å². The molecule has 0 fully saturated rings. The van der Waals surface area contributed by atoms with Crippen LogP contribution in [0.15, 0.2) is 168 Å². The Hall–Kier alpha value is -7.36. The van der Waals surface area contributed by atoms with Crippen molar-refractivity contribution in [2.75, 3.05) is 0 Å². The number of fused-ring (bicyclic) bond motifs is 6. The van der Waals surface area contributed by atoms with E-state index < -0.39 is 0 Å². The van der Waals surface area contributed by atoms with Gasteiger partial charge in [0.05, 0.1) is 28.4 Å². The molecule has 0 radical (unpaired) electrons. The number of hydrogen-bond donors (Lipinski definition) is 0. The van der Waals surface area contributed by atoms with Crippen molar-refractivity contribution in [3.63, 3.8) is 0 Å². The predicted octanol–water partition coefficient (Wildman–Crippen LogP) is 11.4. The van der Waals surface area contributed by atoms with Gasteiger partial charge in [0.25, 0.3) is 0 Å². The number of para-hydroxylation sites is 2. The third kappa shape index (κ3) is 4.84. The minimum Gasteiger partial charge on any atom is -0.456 e. The van der Waals surface area contributed by atoms with Gasteiger partial charge in [0.1, 0.15) is 11.2 Å². The molecule has 0 saturated carbocycles. The molecule has 52 heavy (non-hydrogen) atoms. The van der Waals surface area contributed by atoms with Gasteiger partial charge >= 0.3 is 0 Å². The molecule has 0 saturated heterocycles. The molecule has 0 spiro atoms. The fraction of sp³-hybridized carbons (Fsp3) is 0. The van der Waals surface area contributed by atoms with Crippen LogP contribution in [0.3, 0.4) is 0 Å². The summed E-state index contributed by atoms with van der Waals surface area (Å²) in [6.45, 7) is 0. The van der Waals surface area contributed by atoms with Crippen LogP contribution in [0.1, 0.15) is 5.56 Å². The molecule has 3 aromatic heterocycles. The molecule has 0 aliphatic rings. The van der Waals surface area contributed by atoms with Crippen LogP contribution in [0.5, 0.6) is 0 Å². The number of furan rings is 1. The van der Waals surface area contributed by atoms with Crippen LogP contribution in [-0.4, -0.2) is 19.5 Å². The first-order valence-corrected chi connectivity index (χ1v) is 17.1. The van der Waals surface area contributed by atoms with Crippen LogP contribution in [-0.2, 0) is 0 Å². The highest BCUT2D eigenvalue weighted by molar-refractivity contribution is 6.10. The van der Waals surface area contributed by atoms with Crippen molar-refractivity contribution in [1.29, 1.82) is 5.26 Å². The highest BCUT2D eigenvalue weighted by Gasteiger charge is 2.21. The second-order valence-corrected chi connectivity index (χ2v) is 12.8. The Morgan fingerprint density at radius 3 is 1.79 bits per heavy atom. The average Bonchev–Trinajstić information content (AvgIpc) is 3.76. The molecule has 3 heterocycles. The monoisotopic (exact) mass is 665 g/mol. The number of aromatic nitrogens is 4. The van der Waals surface area contributed by atoms with E-state index in [0.29, 0.717) is 23.0 Å². The molecule has 0 N–H and O–H groups in total. The number of benzene rings is 7. The lowest BCUT2D eigenvalue weighted by atomic mass is 9.99. The molecule has 10 rings (SSSR count). The molecule has 0 bridgehead atoms. The Morgan fingerprint density at radius 1 is 0.442 bits per heavy atom. The summed E-state index contributed by atoms with van der Waals surface area (Å²) < 4.78 is 8.55. The van der Waals surface area contributed by atoms with Gasteiger partial charge in [-0.25, -0.2) is 15.0 Å². The van der Waals surface area contributed by atoms with Gasteiger partial charge in [-0.15, -0.1) is 0 Å². The molecular weight excluding hydrogens is 639 g/mol. The summed E-state index contributed by atoms with van der Waals surface area (Å²) in [5.41, 5.74) is 9.88. The second-order valence-electron chi connectivity index (χ2n) is 12.8. The first kappa shape index (κ1) is 29.5. The van der Waals surface area contributed by atoms with Crippen LogP contribution in [0.4, 0.5) is 0 Å². The van der Waals surface area contributed by atoms with E-state index in [4.69, 9.17) is 19.4 Å². The van der Waals surface area contributed by atoms with Crippen LogP contribution in [0, 0.1) is 11.3 Å². The topological polar surface area (TPSA) is 80.5 Å². The van der Waals surface area contributed by atoms with Gasteiger partial charge in [-0.3, -0.25) is 0 Å². The van der Waals surface area contributed by atoms with Crippen LogP contribution in [0.2, 0.25) is 0 Å². The third-order valence-electron chi connectivity index (χ3n) is 9.69. The zero-order valence-electron chi connectivity index (χ0n) is 27.7. The van der Waals surface area contributed by atoms with Crippen molar-refractivity contribution in [2.24, 2.45) is 0 Å². The van der Waals surface area contributed by atoms with Gasteiger partial charge in [-0.1, -0.05) is 109 Å². The van der Waals surface area contributed by atoms with E-state index >= 15 is 0 Å². The number of nitriles is 1. The molecule has 242 valence electrons. The molecule has 0 aliphatic heterocycles. The van der Waals surface area contributed by atoms with Crippen LogP contribution < -0.4 is 0 Å². The normalized spacial score (nSPS) is 11.4. The van der Waals surface area contributed by atoms with E-state index in [-0.39, 0.29) is 0 Å². The molecule has 7 aromatic carbocycles. The van der Waals surface area contributed by atoms with Gasteiger partial charge in [0.15, 0.2) is 17.5 Å². The van der Waals surface area contributed by atoms with Gasteiger partial charge in [0.2, 0.25) is 0 Å². The minimum absolute atomic E-state index is 0.550. The largest absolute Gasteiger partial charge is 0.456 e. The maximum absolute atomic E-state index is 9.79. The quantitative estimate of drug-likeness (QED) is 0.183. The lowest BCUT2D eigenvalue weighted by Gasteiger charge is -2.16. The summed E-state index contributed by atoms with van der Waals surface area (Å²) in [4.78, 5) is 15.3. The summed E-state index contributed by atoms with van der Waals surface area (Å²) >= 11 is 0. The van der Waals surface area contributed by atoms with Gasteiger partial charge < -0.3 is 8.98 Å². The van der Waals surface area contributed by atoms with E-state index in [1.165, 1.54) is 0 Å². The molecule has 6 nitrogen and oxygen atoms in total. The molecule has 0 aliphatic carbocycles. The van der Waals surface area contributed by atoms with Crippen LogP contribution >= 0.6 is 0 Å². The lowest BCUT2D eigenvalue weighted by molar-refractivity contribution is 0.669. The maximum Gasteiger partial charge on any atom is 0.166 e. The summed E-state index contributed by atoms with van der Waals surface area (Å²) in [7, 11) is 0. The van der Waals surface area contributed by atoms with Gasteiger partial charge in [-0.2, -0.15) is 5.26 Å². The fourth-order valence-corrected chi connectivity index (χ4v) is 7.23. The summed E-state index contributed by atoms with van der Waals surface area (Å²) in [5, 5.41) is 14.0. The second kappa shape index (κ2) is 11.9. The Morgan fingerprint density at radius 2 is 1.04 bits per heavy atom. The highest BCUT2D eigenvalue weighted by Crippen LogP contribution is 2.39. The summed E-state index contributed by atoms with van der Waals surface area (Å²) in [6.07, 6.45) is 0. The van der Waals surface area contributed by atoms with E-state index in [0.717, 1.165) is 77.2 Å². The van der Waals surface area contributed by atoms with Crippen molar-refractivity contribution < 1.29 is 4.42 Å². The molecule has 10 aromatic rings. The molecule has 6 heteroatoms. The summed E-state index contributed by atoms with van der Waals surface area (Å²) in [6, 6.07) is 57.5. The highest BCUT2D eigenvalue weighted by atomic mass is 16.3. The standard InChI is InChI=1S/C46H27N5O/c47-28-29-19-23-40-37(25-29)34-15-7-9-17-39(34)51(40)41-24-21-32(33-20-22-36-35-16-8-10-18-42(35)52-43(36)27-33)26-38(41)46-49-44(30-11-3-1-4-12-30)48-45(50-46)31-13-5-2-6-14-31/h1-27H. The molecular formula is C46H27N5O. The first-order chi connectivity index (χ1) is 25.7. The lowest BCUT2D eigenvalue weighted by Crippen LogP contribution is -2.04. The van der Waals surface area contributed by atoms with Crippen molar-refractivity contribution in [3.05, 3.63) is 169 Å². The SMILES string of the molecule is N#Cc1ccc2c(c1)c1ccccc1n2-c1ccc(-c2ccc3c(c2)oc2ccccc23)cc1-c1nc(-c2ccccc2)nc(-c2ccccc2)n1. The predicted molar refractivity (Wildman–Crippen MR) is 208 cm³/mol. The van der Waals surface area contributed by atoms with E-state index in [9.17, 15) is 5.26 Å². The maximum atomic E-state index is 9.79. The molecule has 0 unspecified atom stereocenters. The van der Waals surface area contributed by atoms with Crippen molar-refractivity contribution >= 4 is 43.7 Å². The first-order valence-electron chi connectivity index (χ1n) is 17.1. The Labute approximate surface area is 298 Å². The molecule has 0 atom stereocenters. The van der Waals surface area contributed by atoms with Gasteiger partial charge in [0, 0.05) is 38.2 Å². The Balaban J connectivity index is 1.27. The zero-order valence-corrected chi connectivity index (χ0v) is 27.7. The third-order valence-corrected chi connectivity index (χ3v) is 9.69. The average molecular weight is 666 g/mol. The van der Waals surface area contributed by atoms with Gasteiger partial charge in [-0.05, 0) is 65.7 Å². The van der Waals surface area contributed by atoms with Crippen LogP contribution in [0.25, 0.3) is 94.7 Å². The van der Waals surface area contributed by atoms with E-state index in [2.05, 4.69) is 65.2 Å². The number of rotatable bonds is 5. The Bertz CT molecular complexity index is 2970. The number of hydrogen-bond acceptors (Lipinski definition) is 5. The summed E-state index contributed by atoms with van der Waals surface area (Å²) in [5.74, 6) is 1.73. The van der Waals surface area contributed by atoms with Crippen molar-refractivity contribution in [1.82, 2.24) is 19.5 Å². The molecule has 0 amide bonds. The fourth-order valence-electron chi connectivity index (χ4n) is 7.23. The Kier molecular flexibility index (Phi) is 6.76. The number of nitrogens with zero attached hydrogens (tertiary/aromatic N) is 5. The van der Waals surface area contributed by atoms with E-state index in [1.807, 2.05) is 109 Å². The van der Waals surface area contributed by atoms with Crippen molar-refractivity contribution in [2.45, 2.75) is 0 Å².